The van der Waals surface area contributed by atoms with Crippen molar-refractivity contribution in [3.63, 3.8) is 0 Å². The summed E-state index contributed by atoms with van der Waals surface area (Å²) >= 11 is 0. The molecule has 2 rings (SSSR count). The van der Waals surface area contributed by atoms with Crippen LogP contribution in [-0.2, 0) is 9.59 Å². The summed E-state index contributed by atoms with van der Waals surface area (Å²) in [4.78, 5) is 29.5. The van der Waals surface area contributed by atoms with E-state index in [1.807, 2.05) is 11.8 Å². The van der Waals surface area contributed by atoms with Gasteiger partial charge in [-0.05, 0) is 32.6 Å². The molecule has 0 aromatic carbocycles. The second-order valence-corrected chi connectivity index (χ2v) is 6.09. The SMILES string of the molecule is CCNC(=NCCCN1CCCC1=O)NCCNC(=O)C1CC1. The molecule has 3 N–H and O–H groups in total. The molecule has 0 bridgehead atoms. The summed E-state index contributed by atoms with van der Waals surface area (Å²) in [5.74, 6) is 1.46. The Morgan fingerprint density at radius 2 is 2.04 bits per heavy atom. The molecule has 0 aromatic rings. The number of rotatable bonds is 9. The molecule has 7 nitrogen and oxygen atoms in total. The van der Waals surface area contributed by atoms with E-state index in [-0.39, 0.29) is 17.7 Å². The first-order valence-electron chi connectivity index (χ1n) is 8.78. The summed E-state index contributed by atoms with van der Waals surface area (Å²) in [6.07, 6.45) is 4.62. The Morgan fingerprint density at radius 1 is 1.26 bits per heavy atom. The number of aliphatic imine (C=N–C) groups is 1. The van der Waals surface area contributed by atoms with Crippen molar-refractivity contribution in [3.05, 3.63) is 0 Å². The molecule has 2 aliphatic rings. The molecule has 130 valence electrons. The normalized spacial score (nSPS) is 18.2. The van der Waals surface area contributed by atoms with E-state index in [1.54, 1.807) is 0 Å². The van der Waals surface area contributed by atoms with E-state index in [1.165, 1.54) is 0 Å². The lowest BCUT2D eigenvalue weighted by atomic mass is 10.4. The van der Waals surface area contributed by atoms with Gasteiger partial charge in [-0.2, -0.15) is 0 Å². The van der Waals surface area contributed by atoms with Crippen molar-refractivity contribution in [1.29, 1.82) is 0 Å². The van der Waals surface area contributed by atoms with Gasteiger partial charge in [-0.25, -0.2) is 0 Å². The van der Waals surface area contributed by atoms with E-state index in [0.29, 0.717) is 26.1 Å². The molecule has 1 saturated heterocycles. The Labute approximate surface area is 138 Å². The first-order valence-corrected chi connectivity index (χ1v) is 8.78. The van der Waals surface area contributed by atoms with Crippen LogP contribution in [0, 0.1) is 5.92 Å². The zero-order valence-corrected chi connectivity index (χ0v) is 14.1. The molecule has 1 aliphatic heterocycles. The smallest absolute Gasteiger partial charge is 0.223 e. The Morgan fingerprint density at radius 3 is 2.70 bits per heavy atom. The molecule has 2 amide bonds. The zero-order chi connectivity index (χ0) is 16.5. The third-order valence-corrected chi connectivity index (χ3v) is 4.04. The molecule has 0 aromatic heterocycles. The molecule has 0 radical (unpaired) electrons. The van der Waals surface area contributed by atoms with E-state index >= 15 is 0 Å². The van der Waals surface area contributed by atoms with Crippen LogP contribution in [-0.4, -0.2) is 61.9 Å². The maximum Gasteiger partial charge on any atom is 0.223 e. The van der Waals surface area contributed by atoms with Crippen molar-refractivity contribution in [3.8, 4) is 0 Å². The molecular weight excluding hydrogens is 294 g/mol. The van der Waals surface area contributed by atoms with Gasteiger partial charge in [0.15, 0.2) is 5.96 Å². The van der Waals surface area contributed by atoms with Crippen LogP contribution in [0.1, 0.15) is 39.0 Å². The van der Waals surface area contributed by atoms with Crippen LogP contribution >= 0.6 is 0 Å². The van der Waals surface area contributed by atoms with Gasteiger partial charge in [0.2, 0.25) is 11.8 Å². The van der Waals surface area contributed by atoms with Gasteiger partial charge in [-0.1, -0.05) is 0 Å². The van der Waals surface area contributed by atoms with Crippen LogP contribution in [0.3, 0.4) is 0 Å². The lowest BCUT2D eigenvalue weighted by molar-refractivity contribution is -0.127. The van der Waals surface area contributed by atoms with Crippen LogP contribution in [0.25, 0.3) is 0 Å². The third kappa shape index (κ3) is 6.46. The van der Waals surface area contributed by atoms with Crippen LogP contribution in [0.2, 0.25) is 0 Å². The Balaban J connectivity index is 1.59. The standard InChI is InChI=1S/C16H29N5O2/c1-2-17-16(20-10-9-18-15(23)13-6-7-13)19-8-4-12-21-11-3-5-14(21)22/h13H,2-12H2,1H3,(H,18,23)(H2,17,19,20). The van der Waals surface area contributed by atoms with E-state index in [4.69, 9.17) is 0 Å². The lowest BCUT2D eigenvalue weighted by Crippen LogP contribution is -2.41. The summed E-state index contributed by atoms with van der Waals surface area (Å²) in [6.45, 7) is 6.46. The maximum absolute atomic E-state index is 11.5. The van der Waals surface area contributed by atoms with Crippen LogP contribution < -0.4 is 16.0 Å². The molecule has 1 heterocycles. The number of nitrogens with one attached hydrogen (secondary N) is 3. The number of carbonyl (C=O) groups is 2. The van der Waals surface area contributed by atoms with Crippen molar-refractivity contribution in [1.82, 2.24) is 20.9 Å². The van der Waals surface area contributed by atoms with Gasteiger partial charge in [-0.15, -0.1) is 0 Å². The average molecular weight is 323 g/mol. The summed E-state index contributed by atoms with van der Waals surface area (Å²) in [6, 6.07) is 0. The minimum Gasteiger partial charge on any atom is -0.357 e. The molecular formula is C16H29N5O2. The van der Waals surface area contributed by atoms with E-state index < -0.39 is 0 Å². The number of guanidine groups is 1. The van der Waals surface area contributed by atoms with E-state index in [2.05, 4.69) is 20.9 Å². The molecule has 7 heteroatoms. The Bertz CT molecular complexity index is 434. The molecule has 0 unspecified atom stereocenters. The zero-order valence-electron chi connectivity index (χ0n) is 14.1. The number of amides is 2. The molecule has 23 heavy (non-hydrogen) atoms. The number of likely N-dealkylation sites (tertiary alicyclic amines) is 1. The number of hydrogen-bond acceptors (Lipinski definition) is 3. The summed E-state index contributed by atoms with van der Waals surface area (Å²) in [5.41, 5.74) is 0. The van der Waals surface area contributed by atoms with Crippen LogP contribution in [0.5, 0.6) is 0 Å². The lowest BCUT2D eigenvalue weighted by Gasteiger charge is -2.15. The second kappa shape index (κ2) is 9.37. The molecule has 2 fully saturated rings. The number of hydrogen-bond donors (Lipinski definition) is 3. The van der Waals surface area contributed by atoms with Crippen LogP contribution in [0.4, 0.5) is 0 Å². The highest BCUT2D eigenvalue weighted by Gasteiger charge is 2.28. The molecule has 0 atom stereocenters. The van der Waals surface area contributed by atoms with Gasteiger partial charge in [-0.3, -0.25) is 14.6 Å². The third-order valence-electron chi connectivity index (χ3n) is 4.04. The monoisotopic (exact) mass is 323 g/mol. The maximum atomic E-state index is 11.5. The summed E-state index contributed by atoms with van der Waals surface area (Å²) < 4.78 is 0. The van der Waals surface area contributed by atoms with Gasteiger partial charge >= 0.3 is 0 Å². The van der Waals surface area contributed by atoms with E-state index in [9.17, 15) is 9.59 Å². The van der Waals surface area contributed by atoms with Crippen molar-refractivity contribution < 1.29 is 9.59 Å². The quantitative estimate of drug-likeness (QED) is 0.319. The Kier molecular flexibility index (Phi) is 7.16. The Hall–Kier alpha value is -1.79. The minimum absolute atomic E-state index is 0.170. The summed E-state index contributed by atoms with van der Waals surface area (Å²) in [5, 5.41) is 9.33. The highest BCUT2D eigenvalue weighted by Crippen LogP contribution is 2.28. The topological polar surface area (TPSA) is 85.8 Å². The highest BCUT2D eigenvalue weighted by molar-refractivity contribution is 5.81. The van der Waals surface area contributed by atoms with Crippen molar-refractivity contribution in [2.45, 2.75) is 39.0 Å². The fraction of sp³-hybridized carbons (Fsp3) is 0.812. The summed E-state index contributed by atoms with van der Waals surface area (Å²) in [7, 11) is 0. The van der Waals surface area contributed by atoms with Gasteiger partial charge in [0.25, 0.3) is 0 Å². The van der Waals surface area contributed by atoms with Gasteiger partial charge in [0, 0.05) is 51.6 Å². The average Bonchev–Trinajstić information content (AvgIpc) is 3.31. The highest BCUT2D eigenvalue weighted by atomic mass is 16.2. The van der Waals surface area contributed by atoms with Crippen molar-refractivity contribution >= 4 is 17.8 Å². The fourth-order valence-corrected chi connectivity index (χ4v) is 2.59. The number of nitrogens with zero attached hydrogens (tertiary/aromatic N) is 2. The molecule has 1 saturated carbocycles. The fourth-order valence-electron chi connectivity index (χ4n) is 2.59. The predicted molar refractivity (Wildman–Crippen MR) is 90.1 cm³/mol. The second-order valence-electron chi connectivity index (χ2n) is 6.09. The largest absolute Gasteiger partial charge is 0.357 e. The predicted octanol–water partition coefficient (Wildman–Crippen LogP) is 0.0802. The van der Waals surface area contributed by atoms with Crippen LogP contribution in [0.15, 0.2) is 4.99 Å². The van der Waals surface area contributed by atoms with E-state index in [0.717, 1.165) is 51.3 Å². The van der Waals surface area contributed by atoms with Gasteiger partial charge < -0.3 is 20.9 Å². The first kappa shape index (κ1) is 17.6. The minimum atomic E-state index is 0.170. The van der Waals surface area contributed by atoms with Crippen molar-refractivity contribution in [2.24, 2.45) is 10.9 Å². The molecule has 0 spiro atoms. The van der Waals surface area contributed by atoms with Gasteiger partial charge in [0.05, 0.1) is 0 Å². The first-order chi connectivity index (χ1) is 11.2. The molecule has 1 aliphatic carbocycles. The van der Waals surface area contributed by atoms with Gasteiger partial charge in [0.1, 0.15) is 0 Å². The van der Waals surface area contributed by atoms with Crippen molar-refractivity contribution in [2.75, 3.05) is 39.3 Å². The number of carbonyl (C=O) groups excluding carboxylic acids is 2.